The zero-order valence-corrected chi connectivity index (χ0v) is 12.1. The second-order valence-corrected chi connectivity index (χ2v) is 4.71. The van der Waals surface area contributed by atoms with Crippen molar-refractivity contribution in [1.82, 2.24) is 14.9 Å². The van der Waals surface area contributed by atoms with Gasteiger partial charge in [-0.05, 0) is 37.4 Å². The van der Waals surface area contributed by atoms with Crippen LogP contribution in [0.25, 0.3) is 11.4 Å². The molecule has 2 aromatic heterocycles. The first-order valence-corrected chi connectivity index (χ1v) is 6.92. The quantitative estimate of drug-likeness (QED) is 0.780. The van der Waals surface area contributed by atoms with Crippen molar-refractivity contribution in [2.45, 2.75) is 20.4 Å². The normalized spacial score (nSPS) is 10.9. The second kappa shape index (κ2) is 6.64. The molecule has 0 radical (unpaired) electrons. The summed E-state index contributed by atoms with van der Waals surface area (Å²) in [6, 6.07) is 11.6. The van der Waals surface area contributed by atoms with Crippen LogP contribution in [0.1, 0.15) is 19.5 Å². The van der Waals surface area contributed by atoms with Crippen LogP contribution in [-0.2, 0) is 6.54 Å². The summed E-state index contributed by atoms with van der Waals surface area (Å²) in [5.74, 6) is 0. The Kier molecular flexibility index (Phi) is 4.88. The van der Waals surface area contributed by atoms with Crippen LogP contribution in [0.15, 0.2) is 36.4 Å². The molecule has 2 heterocycles. The number of aromatic nitrogens is 2. The molecule has 0 amide bonds. The summed E-state index contributed by atoms with van der Waals surface area (Å²) in [4.78, 5) is 11.3. The van der Waals surface area contributed by atoms with E-state index >= 15 is 0 Å². The topological polar surface area (TPSA) is 29.0 Å². The van der Waals surface area contributed by atoms with Gasteiger partial charge in [-0.1, -0.05) is 37.6 Å². The smallest absolute Gasteiger partial charge is 0.129 e. The zero-order valence-electron chi connectivity index (χ0n) is 11.3. The number of rotatable bonds is 5. The van der Waals surface area contributed by atoms with E-state index in [9.17, 15) is 0 Å². The van der Waals surface area contributed by atoms with Crippen LogP contribution in [0.2, 0.25) is 5.15 Å². The van der Waals surface area contributed by atoms with E-state index in [1.807, 2.05) is 30.3 Å². The third-order valence-corrected chi connectivity index (χ3v) is 3.27. The highest BCUT2D eigenvalue weighted by Gasteiger charge is 2.06. The molecule has 0 aliphatic heterocycles. The minimum Gasteiger partial charge on any atom is -0.298 e. The van der Waals surface area contributed by atoms with Gasteiger partial charge in [0, 0.05) is 6.54 Å². The SMILES string of the molecule is CCN(CC)Cc1cccc(-c2cccc(Cl)n2)n1. The predicted octanol–water partition coefficient (Wildman–Crippen LogP) is 3.64. The number of hydrogen-bond donors (Lipinski definition) is 0. The Morgan fingerprint density at radius 3 is 2.21 bits per heavy atom. The molecule has 0 unspecified atom stereocenters. The van der Waals surface area contributed by atoms with Gasteiger partial charge in [-0.2, -0.15) is 0 Å². The first-order chi connectivity index (χ1) is 9.22. The Bertz CT molecular complexity index is 538. The van der Waals surface area contributed by atoms with Crippen LogP contribution in [0.4, 0.5) is 0 Å². The van der Waals surface area contributed by atoms with Crippen molar-refractivity contribution in [3.63, 3.8) is 0 Å². The number of hydrogen-bond acceptors (Lipinski definition) is 3. The summed E-state index contributed by atoms with van der Waals surface area (Å²) in [5.41, 5.74) is 2.74. The van der Waals surface area contributed by atoms with Crippen LogP contribution >= 0.6 is 11.6 Å². The van der Waals surface area contributed by atoms with Gasteiger partial charge in [-0.15, -0.1) is 0 Å². The summed E-state index contributed by atoms with van der Waals surface area (Å²) in [6.07, 6.45) is 0. The summed E-state index contributed by atoms with van der Waals surface area (Å²) in [5, 5.41) is 0.494. The van der Waals surface area contributed by atoms with E-state index in [2.05, 4.69) is 28.7 Å². The van der Waals surface area contributed by atoms with E-state index in [4.69, 9.17) is 11.6 Å². The molecule has 0 spiro atoms. The molecule has 0 atom stereocenters. The first-order valence-electron chi connectivity index (χ1n) is 6.54. The molecule has 0 bridgehead atoms. The number of halogens is 1. The monoisotopic (exact) mass is 275 g/mol. The fourth-order valence-corrected chi connectivity index (χ4v) is 2.10. The van der Waals surface area contributed by atoms with Crippen molar-refractivity contribution in [3.05, 3.63) is 47.2 Å². The van der Waals surface area contributed by atoms with Crippen molar-refractivity contribution in [1.29, 1.82) is 0 Å². The van der Waals surface area contributed by atoms with Gasteiger partial charge < -0.3 is 0 Å². The lowest BCUT2D eigenvalue weighted by atomic mass is 10.2. The number of pyridine rings is 2. The van der Waals surface area contributed by atoms with Crippen LogP contribution < -0.4 is 0 Å². The lowest BCUT2D eigenvalue weighted by Crippen LogP contribution is -2.22. The van der Waals surface area contributed by atoms with Gasteiger partial charge in [-0.3, -0.25) is 4.90 Å². The fourth-order valence-electron chi connectivity index (χ4n) is 1.94. The first kappa shape index (κ1) is 14.0. The highest BCUT2D eigenvalue weighted by Crippen LogP contribution is 2.17. The van der Waals surface area contributed by atoms with Gasteiger partial charge in [0.15, 0.2) is 0 Å². The molecule has 0 aliphatic carbocycles. The Labute approximate surface area is 119 Å². The summed E-state index contributed by atoms with van der Waals surface area (Å²) >= 11 is 5.92. The minimum absolute atomic E-state index is 0.494. The van der Waals surface area contributed by atoms with E-state index in [0.717, 1.165) is 36.7 Å². The molecule has 19 heavy (non-hydrogen) atoms. The van der Waals surface area contributed by atoms with E-state index in [0.29, 0.717) is 5.15 Å². The Morgan fingerprint density at radius 2 is 1.58 bits per heavy atom. The lowest BCUT2D eigenvalue weighted by molar-refractivity contribution is 0.292. The van der Waals surface area contributed by atoms with E-state index in [-0.39, 0.29) is 0 Å². The molecule has 4 heteroatoms. The average Bonchev–Trinajstić information content (AvgIpc) is 2.45. The second-order valence-electron chi connectivity index (χ2n) is 4.32. The van der Waals surface area contributed by atoms with Crippen LogP contribution in [-0.4, -0.2) is 28.0 Å². The van der Waals surface area contributed by atoms with Crippen LogP contribution in [0, 0.1) is 0 Å². The van der Waals surface area contributed by atoms with Crippen molar-refractivity contribution in [2.24, 2.45) is 0 Å². The molecular weight excluding hydrogens is 258 g/mol. The van der Waals surface area contributed by atoms with E-state index < -0.39 is 0 Å². The van der Waals surface area contributed by atoms with Crippen LogP contribution in [0.3, 0.4) is 0 Å². The highest BCUT2D eigenvalue weighted by molar-refractivity contribution is 6.29. The molecule has 2 rings (SSSR count). The van der Waals surface area contributed by atoms with Crippen molar-refractivity contribution >= 4 is 11.6 Å². The van der Waals surface area contributed by atoms with Gasteiger partial charge in [0.1, 0.15) is 5.15 Å². The summed E-state index contributed by atoms with van der Waals surface area (Å²) < 4.78 is 0. The molecule has 0 aromatic carbocycles. The highest BCUT2D eigenvalue weighted by atomic mass is 35.5. The third kappa shape index (κ3) is 3.75. The maximum Gasteiger partial charge on any atom is 0.129 e. The van der Waals surface area contributed by atoms with E-state index in [1.54, 1.807) is 6.07 Å². The molecule has 0 saturated carbocycles. The largest absolute Gasteiger partial charge is 0.298 e. The molecule has 0 fully saturated rings. The van der Waals surface area contributed by atoms with Gasteiger partial charge in [-0.25, -0.2) is 9.97 Å². The summed E-state index contributed by atoms with van der Waals surface area (Å²) in [7, 11) is 0. The average molecular weight is 276 g/mol. The van der Waals surface area contributed by atoms with E-state index in [1.165, 1.54) is 0 Å². The predicted molar refractivity (Wildman–Crippen MR) is 79.1 cm³/mol. The molecule has 100 valence electrons. The van der Waals surface area contributed by atoms with Crippen molar-refractivity contribution in [3.8, 4) is 11.4 Å². The molecular formula is C15H18ClN3. The van der Waals surface area contributed by atoms with Gasteiger partial charge in [0.05, 0.1) is 17.1 Å². The summed E-state index contributed by atoms with van der Waals surface area (Å²) in [6.45, 7) is 7.23. The van der Waals surface area contributed by atoms with Crippen LogP contribution in [0.5, 0.6) is 0 Å². The van der Waals surface area contributed by atoms with Gasteiger partial charge in [0.2, 0.25) is 0 Å². The van der Waals surface area contributed by atoms with Gasteiger partial charge in [0.25, 0.3) is 0 Å². The van der Waals surface area contributed by atoms with Crippen molar-refractivity contribution in [2.75, 3.05) is 13.1 Å². The molecule has 0 N–H and O–H groups in total. The maximum atomic E-state index is 5.92. The standard InChI is InChI=1S/C15H18ClN3/c1-3-19(4-2)11-12-7-5-8-13(17-12)14-9-6-10-15(16)18-14/h5-10H,3-4,11H2,1-2H3. The molecule has 0 aliphatic rings. The Hall–Kier alpha value is -1.45. The molecule has 2 aromatic rings. The molecule has 0 saturated heterocycles. The Balaban J connectivity index is 2.24. The van der Waals surface area contributed by atoms with Crippen molar-refractivity contribution < 1.29 is 0 Å². The fraction of sp³-hybridized carbons (Fsp3) is 0.333. The van der Waals surface area contributed by atoms with Gasteiger partial charge >= 0.3 is 0 Å². The maximum absolute atomic E-state index is 5.92. The molecule has 3 nitrogen and oxygen atoms in total. The zero-order chi connectivity index (χ0) is 13.7. The third-order valence-electron chi connectivity index (χ3n) is 3.06. The Morgan fingerprint density at radius 1 is 0.947 bits per heavy atom. The lowest BCUT2D eigenvalue weighted by Gasteiger charge is -2.17. The minimum atomic E-state index is 0.494. The number of nitrogens with zero attached hydrogens (tertiary/aromatic N) is 3.